The minimum atomic E-state index is -0.788. The number of carbonyl (C=O) groups is 1. The highest BCUT2D eigenvalue weighted by atomic mass is 35.5. The third-order valence-corrected chi connectivity index (χ3v) is 3.12. The number of carbonyl (C=O) groups excluding carboxylic acids is 1. The first kappa shape index (κ1) is 12.6. The lowest BCUT2D eigenvalue weighted by Gasteiger charge is -2.41. The van der Waals surface area contributed by atoms with E-state index in [0.717, 1.165) is 12.8 Å². The number of β-amino-alcohol motifs (C(OH)–C–C–N with tert-alkyl or cyclic N) is 1. The average Bonchev–Trinajstić information content (AvgIpc) is 2.18. The van der Waals surface area contributed by atoms with E-state index in [4.69, 9.17) is 16.3 Å². The maximum atomic E-state index is 11.4. The van der Waals surface area contributed by atoms with Gasteiger partial charge in [-0.15, -0.1) is 0 Å². The summed E-state index contributed by atoms with van der Waals surface area (Å²) in [5.41, 5.74) is -0.788. The molecule has 0 saturated carbocycles. The predicted molar refractivity (Wildman–Crippen MR) is 57.8 cm³/mol. The van der Waals surface area contributed by atoms with Gasteiger partial charge in [0, 0.05) is 6.54 Å². The molecule has 1 rings (SSSR count). The first-order valence-corrected chi connectivity index (χ1v) is 5.73. The highest BCUT2D eigenvalue weighted by molar-refractivity contribution is 6.17. The molecule has 1 N–H and O–H groups in total. The number of hydrogen-bond acceptors (Lipinski definition) is 3. The summed E-state index contributed by atoms with van der Waals surface area (Å²) in [5, 5.41) is 10.3. The van der Waals surface area contributed by atoms with Crippen molar-refractivity contribution in [3.8, 4) is 0 Å². The SMILES string of the molecule is CC(C)[C@]1(O)CCCN(C(=O)OCCl)C1. The molecule has 1 aliphatic rings. The van der Waals surface area contributed by atoms with Crippen LogP contribution in [-0.4, -0.2) is 40.9 Å². The zero-order valence-electron chi connectivity index (χ0n) is 9.20. The minimum Gasteiger partial charge on any atom is -0.433 e. The van der Waals surface area contributed by atoms with Gasteiger partial charge in [0.25, 0.3) is 0 Å². The number of piperidine rings is 1. The molecule has 1 saturated heterocycles. The first-order chi connectivity index (χ1) is 6.99. The average molecular weight is 236 g/mol. The van der Waals surface area contributed by atoms with E-state index in [-0.39, 0.29) is 12.0 Å². The number of likely N-dealkylation sites (tertiary alicyclic amines) is 1. The first-order valence-electron chi connectivity index (χ1n) is 5.19. The molecule has 1 amide bonds. The monoisotopic (exact) mass is 235 g/mol. The van der Waals surface area contributed by atoms with E-state index >= 15 is 0 Å². The second kappa shape index (κ2) is 5.03. The molecule has 15 heavy (non-hydrogen) atoms. The number of amides is 1. The molecule has 5 heteroatoms. The Bertz CT molecular complexity index is 235. The molecule has 0 aliphatic carbocycles. The van der Waals surface area contributed by atoms with E-state index in [9.17, 15) is 9.90 Å². The molecule has 0 bridgehead atoms. The van der Waals surface area contributed by atoms with E-state index in [1.807, 2.05) is 13.8 Å². The predicted octanol–water partition coefficient (Wildman–Crippen LogP) is 1.80. The van der Waals surface area contributed by atoms with Gasteiger partial charge < -0.3 is 14.7 Å². The van der Waals surface area contributed by atoms with Gasteiger partial charge >= 0.3 is 6.09 Å². The molecule has 0 unspecified atom stereocenters. The van der Waals surface area contributed by atoms with Crippen LogP contribution in [-0.2, 0) is 4.74 Å². The fraction of sp³-hybridized carbons (Fsp3) is 0.900. The second-order valence-corrected chi connectivity index (χ2v) is 4.52. The number of alkyl halides is 1. The summed E-state index contributed by atoms with van der Waals surface area (Å²) in [5.74, 6) is 0.129. The molecular weight excluding hydrogens is 218 g/mol. The number of nitrogens with zero attached hydrogens (tertiary/aromatic N) is 1. The molecule has 0 aromatic heterocycles. The number of halogens is 1. The van der Waals surface area contributed by atoms with Crippen LogP contribution >= 0.6 is 11.6 Å². The quantitative estimate of drug-likeness (QED) is 0.743. The van der Waals surface area contributed by atoms with Crippen LogP contribution in [0.3, 0.4) is 0 Å². The van der Waals surface area contributed by atoms with Gasteiger partial charge in [-0.3, -0.25) is 0 Å². The summed E-state index contributed by atoms with van der Waals surface area (Å²) < 4.78 is 4.70. The van der Waals surface area contributed by atoms with E-state index in [2.05, 4.69) is 0 Å². The Labute approximate surface area is 95.2 Å². The Morgan fingerprint density at radius 1 is 1.67 bits per heavy atom. The van der Waals surface area contributed by atoms with Crippen molar-refractivity contribution in [1.82, 2.24) is 4.90 Å². The topological polar surface area (TPSA) is 49.8 Å². The van der Waals surface area contributed by atoms with Crippen LogP contribution in [0.25, 0.3) is 0 Å². The van der Waals surface area contributed by atoms with Gasteiger partial charge in [-0.2, -0.15) is 0 Å². The molecule has 0 aromatic carbocycles. The van der Waals surface area contributed by atoms with Gasteiger partial charge in [0.15, 0.2) is 6.07 Å². The lowest BCUT2D eigenvalue weighted by Crippen LogP contribution is -2.53. The Morgan fingerprint density at radius 3 is 2.87 bits per heavy atom. The third-order valence-electron chi connectivity index (χ3n) is 3.01. The molecule has 88 valence electrons. The highest BCUT2D eigenvalue weighted by Gasteiger charge is 2.38. The molecule has 0 spiro atoms. The van der Waals surface area contributed by atoms with E-state index in [1.165, 1.54) is 4.90 Å². The summed E-state index contributed by atoms with van der Waals surface area (Å²) in [6, 6.07) is -0.143. The van der Waals surface area contributed by atoms with Gasteiger partial charge in [0.05, 0.1) is 12.1 Å². The zero-order chi connectivity index (χ0) is 11.5. The minimum absolute atomic E-state index is 0.129. The molecule has 1 aliphatic heterocycles. The maximum absolute atomic E-state index is 11.4. The Balaban J connectivity index is 2.59. The van der Waals surface area contributed by atoms with Crippen molar-refractivity contribution in [3.63, 3.8) is 0 Å². The van der Waals surface area contributed by atoms with Gasteiger partial charge in [-0.05, 0) is 18.8 Å². The van der Waals surface area contributed by atoms with E-state index in [0.29, 0.717) is 13.1 Å². The fourth-order valence-corrected chi connectivity index (χ4v) is 1.92. The molecule has 1 atom stereocenters. The van der Waals surface area contributed by atoms with Crippen LogP contribution in [0.1, 0.15) is 26.7 Å². The van der Waals surface area contributed by atoms with Crippen LogP contribution in [0.4, 0.5) is 4.79 Å². The van der Waals surface area contributed by atoms with Crippen LogP contribution < -0.4 is 0 Å². The van der Waals surface area contributed by atoms with Crippen molar-refractivity contribution < 1.29 is 14.6 Å². The van der Waals surface area contributed by atoms with Gasteiger partial charge in [0.2, 0.25) is 0 Å². The van der Waals surface area contributed by atoms with Crippen LogP contribution in [0.2, 0.25) is 0 Å². The largest absolute Gasteiger partial charge is 0.433 e. The molecular formula is C10H18ClNO3. The van der Waals surface area contributed by atoms with Crippen molar-refractivity contribution in [2.45, 2.75) is 32.3 Å². The summed E-state index contributed by atoms with van der Waals surface area (Å²) >= 11 is 5.32. The molecule has 1 heterocycles. The normalized spacial score (nSPS) is 26.9. The Kier molecular flexibility index (Phi) is 4.22. The van der Waals surface area contributed by atoms with Crippen molar-refractivity contribution in [3.05, 3.63) is 0 Å². The summed E-state index contributed by atoms with van der Waals surface area (Å²) in [4.78, 5) is 12.9. The number of ether oxygens (including phenoxy) is 1. The van der Waals surface area contributed by atoms with Gasteiger partial charge in [-0.1, -0.05) is 25.4 Å². The second-order valence-electron chi connectivity index (χ2n) is 4.30. The van der Waals surface area contributed by atoms with Crippen molar-refractivity contribution in [2.24, 2.45) is 5.92 Å². The van der Waals surface area contributed by atoms with Crippen LogP contribution in [0.15, 0.2) is 0 Å². The number of aliphatic hydroxyl groups is 1. The molecule has 4 nitrogen and oxygen atoms in total. The van der Waals surface area contributed by atoms with Crippen LogP contribution in [0.5, 0.6) is 0 Å². The summed E-state index contributed by atoms with van der Waals surface area (Å²) in [6.07, 6.45) is 1.09. The number of rotatable bonds is 2. The van der Waals surface area contributed by atoms with Gasteiger partial charge in [0.1, 0.15) is 0 Å². The van der Waals surface area contributed by atoms with E-state index < -0.39 is 11.7 Å². The van der Waals surface area contributed by atoms with Crippen LogP contribution in [0, 0.1) is 5.92 Å². The maximum Gasteiger partial charge on any atom is 0.411 e. The Morgan fingerprint density at radius 2 is 2.33 bits per heavy atom. The zero-order valence-corrected chi connectivity index (χ0v) is 9.96. The Hall–Kier alpha value is -0.480. The lowest BCUT2D eigenvalue weighted by molar-refractivity contribution is -0.0603. The summed E-state index contributed by atoms with van der Waals surface area (Å²) in [6.45, 7) is 4.87. The molecule has 0 radical (unpaired) electrons. The lowest BCUT2D eigenvalue weighted by atomic mass is 9.83. The fourth-order valence-electron chi connectivity index (χ4n) is 1.83. The van der Waals surface area contributed by atoms with Crippen molar-refractivity contribution >= 4 is 17.7 Å². The number of hydrogen-bond donors (Lipinski definition) is 1. The van der Waals surface area contributed by atoms with E-state index in [1.54, 1.807) is 0 Å². The smallest absolute Gasteiger partial charge is 0.411 e. The van der Waals surface area contributed by atoms with Crippen molar-refractivity contribution in [1.29, 1.82) is 0 Å². The standard InChI is InChI=1S/C10H18ClNO3/c1-8(2)10(14)4-3-5-12(6-10)9(13)15-7-11/h8,14H,3-7H2,1-2H3/t10-/m0/s1. The summed E-state index contributed by atoms with van der Waals surface area (Å²) in [7, 11) is 0. The van der Waals surface area contributed by atoms with Crippen molar-refractivity contribution in [2.75, 3.05) is 19.2 Å². The highest BCUT2D eigenvalue weighted by Crippen LogP contribution is 2.28. The molecule has 0 aromatic rings. The van der Waals surface area contributed by atoms with Gasteiger partial charge in [-0.25, -0.2) is 4.79 Å². The molecule has 1 fully saturated rings. The third kappa shape index (κ3) is 2.98.